The molecule has 2 unspecified atom stereocenters. The van der Waals surface area contributed by atoms with Gasteiger partial charge in [-0.15, -0.1) is 10.2 Å². The number of nitrogens with two attached hydrogens (primary N) is 1. The van der Waals surface area contributed by atoms with Crippen LogP contribution in [-0.2, 0) is 4.79 Å². The summed E-state index contributed by atoms with van der Waals surface area (Å²) in [5.41, 5.74) is 10.2. The Kier molecular flexibility index (Phi) is 13.4. The van der Waals surface area contributed by atoms with Gasteiger partial charge >= 0.3 is 0 Å². The summed E-state index contributed by atoms with van der Waals surface area (Å²) in [5.74, 6) is -1.93. The van der Waals surface area contributed by atoms with E-state index in [0.717, 1.165) is 19.8 Å². The lowest BCUT2D eigenvalue weighted by molar-refractivity contribution is -0.118. The van der Waals surface area contributed by atoms with Gasteiger partial charge in [-0.3, -0.25) is 4.79 Å². The quantitative estimate of drug-likeness (QED) is 0.154. The fraction of sp³-hybridized carbons (Fsp3) is 0.105. The van der Waals surface area contributed by atoms with Crippen LogP contribution in [0.15, 0.2) is 129 Å². The molecule has 1 amide bonds. The van der Waals surface area contributed by atoms with Crippen LogP contribution < -0.4 is 5.73 Å². The van der Waals surface area contributed by atoms with Gasteiger partial charge in [0.25, 0.3) is 0 Å². The maximum atomic E-state index is 12.0. The van der Waals surface area contributed by atoms with Gasteiger partial charge in [-0.1, -0.05) is 117 Å². The SMILES string of the molecule is Cc1ccc(Sc2ccc(C(C#N)c3ccc(Cl)cc3Cl)nn2)cc1.Cc1ccc(Sc2ccc(C(C(N)=O)c3ccc(Cl)cc3Cl)nn2)cc1. The van der Waals surface area contributed by atoms with E-state index in [1.165, 1.54) is 34.7 Å². The van der Waals surface area contributed by atoms with Crippen LogP contribution in [0, 0.1) is 25.2 Å². The molecular weight excluding hydrogens is 762 g/mol. The maximum absolute atomic E-state index is 12.0. The van der Waals surface area contributed by atoms with Crippen molar-refractivity contribution < 1.29 is 4.79 Å². The van der Waals surface area contributed by atoms with Gasteiger partial charge in [0, 0.05) is 29.9 Å². The largest absolute Gasteiger partial charge is 0.369 e. The Bertz CT molecular complexity index is 2160. The summed E-state index contributed by atoms with van der Waals surface area (Å²) in [5, 5.41) is 29.7. The molecule has 4 aromatic carbocycles. The number of primary amides is 1. The fourth-order valence-electron chi connectivity index (χ4n) is 4.76. The lowest BCUT2D eigenvalue weighted by Gasteiger charge is -2.15. The first kappa shape index (κ1) is 38.1. The number of hydrogen-bond donors (Lipinski definition) is 1. The zero-order chi connectivity index (χ0) is 36.5. The zero-order valence-corrected chi connectivity index (χ0v) is 31.8. The van der Waals surface area contributed by atoms with E-state index in [-0.39, 0.29) is 0 Å². The van der Waals surface area contributed by atoms with Crippen LogP contribution in [-0.4, -0.2) is 26.3 Å². The highest BCUT2D eigenvalue weighted by Crippen LogP contribution is 2.34. The summed E-state index contributed by atoms with van der Waals surface area (Å²) in [6.07, 6.45) is 0. The van der Waals surface area contributed by atoms with Gasteiger partial charge in [0.1, 0.15) is 21.9 Å². The minimum Gasteiger partial charge on any atom is -0.369 e. The Morgan fingerprint density at radius 1 is 0.627 bits per heavy atom. The van der Waals surface area contributed by atoms with Crippen LogP contribution in [0.4, 0.5) is 0 Å². The Hall–Kier alpha value is -4.14. The van der Waals surface area contributed by atoms with Crippen molar-refractivity contribution in [1.29, 1.82) is 5.26 Å². The Morgan fingerprint density at radius 3 is 1.47 bits per heavy atom. The van der Waals surface area contributed by atoms with Crippen LogP contribution in [0.3, 0.4) is 0 Å². The first-order valence-corrected chi connectivity index (χ1v) is 18.4. The molecule has 0 saturated carbocycles. The highest BCUT2D eigenvalue weighted by Gasteiger charge is 2.25. The van der Waals surface area contributed by atoms with E-state index in [4.69, 9.17) is 52.1 Å². The maximum Gasteiger partial charge on any atom is 0.231 e. The van der Waals surface area contributed by atoms with Crippen molar-refractivity contribution in [3.8, 4) is 6.07 Å². The molecule has 0 saturated heterocycles. The van der Waals surface area contributed by atoms with Crippen LogP contribution >= 0.6 is 69.9 Å². The Balaban J connectivity index is 0.000000198. The smallest absolute Gasteiger partial charge is 0.231 e. The summed E-state index contributed by atoms with van der Waals surface area (Å²) in [6.45, 7) is 4.09. The molecule has 0 aliphatic rings. The number of rotatable bonds is 9. The molecule has 6 rings (SSSR count). The molecule has 51 heavy (non-hydrogen) atoms. The summed E-state index contributed by atoms with van der Waals surface area (Å²) >= 11 is 27.3. The Labute approximate surface area is 324 Å². The number of hydrogen-bond acceptors (Lipinski definition) is 8. The van der Waals surface area contributed by atoms with Gasteiger partial charge in [-0.25, -0.2) is 0 Å². The third-order valence-corrected chi connectivity index (χ3v) is 10.4. The van der Waals surface area contributed by atoms with Gasteiger partial charge in [0.2, 0.25) is 5.91 Å². The summed E-state index contributed by atoms with van der Waals surface area (Å²) in [7, 11) is 0. The summed E-state index contributed by atoms with van der Waals surface area (Å²) in [4.78, 5) is 14.2. The average Bonchev–Trinajstić information content (AvgIpc) is 3.11. The van der Waals surface area contributed by atoms with E-state index in [9.17, 15) is 10.1 Å². The van der Waals surface area contributed by atoms with Crippen molar-refractivity contribution >= 4 is 75.8 Å². The predicted octanol–water partition coefficient (Wildman–Crippen LogP) is 10.8. The van der Waals surface area contributed by atoms with Gasteiger partial charge in [0.15, 0.2) is 0 Å². The molecule has 0 radical (unpaired) electrons. The third kappa shape index (κ3) is 10.5. The molecule has 256 valence electrons. The van der Waals surface area contributed by atoms with E-state index < -0.39 is 17.7 Å². The van der Waals surface area contributed by atoms with E-state index in [2.05, 4.69) is 38.6 Å². The second kappa shape index (κ2) is 17.9. The summed E-state index contributed by atoms with van der Waals surface area (Å²) in [6, 6.07) is 35.8. The second-order valence-electron chi connectivity index (χ2n) is 11.2. The van der Waals surface area contributed by atoms with Crippen LogP contribution in [0.5, 0.6) is 0 Å². The van der Waals surface area contributed by atoms with Gasteiger partial charge in [-0.05, 0) is 97.8 Å². The topological polar surface area (TPSA) is 118 Å². The molecule has 6 aromatic rings. The predicted molar refractivity (Wildman–Crippen MR) is 206 cm³/mol. The first-order valence-electron chi connectivity index (χ1n) is 15.3. The first-order chi connectivity index (χ1) is 24.5. The van der Waals surface area contributed by atoms with Gasteiger partial charge < -0.3 is 5.73 Å². The molecule has 0 aliphatic heterocycles. The molecule has 2 heterocycles. The van der Waals surface area contributed by atoms with E-state index in [1.807, 2.05) is 68.4 Å². The molecular formula is C38H28Cl4N6OS2. The molecule has 2 atom stereocenters. The molecule has 2 N–H and O–H groups in total. The number of amides is 1. The number of nitriles is 1. The number of benzene rings is 4. The van der Waals surface area contributed by atoms with Gasteiger partial charge in [0.05, 0.1) is 17.5 Å². The minimum atomic E-state index is -0.786. The number of halogens is 4. The zero-order valence-electron chi connectivity index (χ0n) is 27.1. The van der Waals surface area contributed by atoms with Crippen molar-refractivity contribution in [3.63, 3.8) is 0 Å². The molecule has 13 heteroatoms. The second-order valence-corrected chi connectivity index (χ2v) is 15.0. The van der Waals surface area contributed by atoms with Crippen molar-refractivity contribution in [2.24, 2.45) is 5.73 Å². The van der Waals surface area contributed by atoms with Crippen molar-refractivity contribution in [1.82, 2.24) is 20.4 Å². The fourth-order valence-corrected chi connectivity index (χ4v) is 7.25. The number of carbonyl (C=O) groups excluding carboxylic acids is 1. The highest BCUT2D eigenvalue weighted by atomic mass is 35.5. The number of aromatic nitrogens is 4. The molecule has 0 fully saturated rings. The van der Waals surface area contributed by atoms with E-state index >= 15 is 0 Å². The minimum absolute atomic E-state index is 0.362. The molecule has 2 aromatic heterocycles. The third-order valence-electron chi connectivity index (χ3n) is 7.36. The lowest BCUT2D eigenvalue weighted by atomic mass is 9.95. The monoisotopic (exact) mass is 788 g/mol. The number of carbonyl (C=O) groups is 1. The van der Waals surface area contributed by atoms with E-state index in [0.29, 0.717) is 42.6 Å². The standard InChI is InChI=1S/C19H15Cl2N3OS.C19H13Cl2N3S/c1-11-2-5-13(6-3-11)26-17-9-8-16(23-24-17)18(19(22)25)14-7-4-12(20)10-15(14)21;1-12-2-5-14(6-3-12)25-19-9-8-18(23-24-19)16(11-22)15-7-4-13(20)10-17(15)21/h2-10,18H,1H3,(H2,22,25);2-10,16H,1H3. The number of aryl methyl sites for hydroxylation is 2. The molecule has 0 spiro atoms. The van der Waals surface area contributed by atoms with Crippen LogP contribution in [0.2, 0.25) is 20.1 Å². The average molecular weight is 791 g/mol. The summed E-state index contributed by atoms with van der Waals surface area (Å²) < 4.78 is 0. The van der Waals surface area contributed by atoms with Crippen molar-refractivity contribution in [2.45, 2.75) is 45.5 Å². The highest BCUT2D eigenvalue weighted by molar-refractivity contribution is 7.99. The molecule has 0 bridgehead atoms. The van der Waals surface area contributed by atoms with Crippen LogP contribution in [0.1, 0.15) is 45.5 Å². The number of nitrogens with zero attached hydrogens (tertiary/aromatic N) is 5. The van der Waals surface area contributed by atoms with Gasteiger partial charge in [-0.2, -0.15) is 15.5 Å². The van der Waals surface area contributed by atoms with Crippen molar-refractivity contribution in [2.75, 3.05) is 0 Å². The normalized spacial score (nSPS) is 11.9. The lowest BCUT2D eigenvalue weighted by Crippen LogP contribution is -2.24. The molecule has 0 aliphatic carbocycles. The Morgan fingerprint density at radius 2 is 1.08 bits per heavy atom. The van der Waals surface area contributed by atoms with Crippen molar-refractivity contribution in [3.05, 3.63) is 163 Å². The van der Waals surface area contributed by atoms with Crippen LogP contribution in [0.25, 0.3) is 0 Å². The molecule has 7 nitrogen and oxygen atoms in total. The van der Waals surface area contributed by atoms with E-state index in [1.54, 1.807) is 42.5 Å².